The van der Waals surface area contributed by atoms with Gasteiger partial charge in [0.25, 0.3) is 17.7 Å². The summed E-state index contributed by atoms with van der Waals surface area (Å²) in [5, 5.41) is 29.6. The molecule has 0 aromatic carbocycles. The number of aryl methyl sites for hydroxylation is 6. The van der Waals surface area contributed by atoms with Gasteiger partial charge in [-0.05, 0) is 183 Å². The molecule has 15 heteroatoms. The predicted molar refractivity (Wildman–Crippen MR) is 334 cm³/mol. The first-order valence-electron chi connectivity index (χ1n) is 33.3. The van der Waals surface area contributed by atoms with Crippen LogP contribution >= 0.6 is 34.0 Å². The summed E-state index contributed by atoms with van der Waals surface area (Å²) < 4.78 is 5.91. The number of hydrogen-bond donors (Lipinski definition) is 5. The number of amides is 3. The predicted octanol–water partition coefficient (Wildman–Crippen LogP) is 11.6. The topological polar surface area (TPSA) is 147 Å². The number of carbonyl (C=O) groups is 3. The Balaban J connectivity index is 0.000000129. The number of aliphatic hydroxyl groups excluding tert-OH is 2. The molecule has 3 aromatic heterocycles. The van der Waals surface area contributed by atoms with Gasteiger partial charge in [0.1, 0.15) is 0 Å². The lowest BCUT2D eigenvalue weighted by atomic mass is 9.68. The lowest BCUT2D eigenvalue weighted by molar-refractivity contribution is 0.0145. The Morgan fingerprint density at radius 1 is 0.451 bits per heavy atom. The number of nitrogens with zero attached hydrogens (tertiary/aromatic N) is 3. The van der Waals surface area contributed by atoms with Crippen LogP contribution in [-0.4, -0.2) is 146 Å². The van der Waals surface area contributed by atoms with Crippen molar-refractivity contribution in [3.63, 3.8) is 0 Å². The van der Waals surface area contributed by atoms with Crippen molar-refractivity contribution in [2.24, 2.45) is 22.2 Å². The number of thiophene rings is 3. The van der Waals surface area contributed by atoms with Crippen LogP contribution in [0.15, 0.2) is 18.2 Å². The van der Waals surface area contributed by atoms with Crippen molar-refractivity contribution in [3.8, 4) is 0 Å². The Morgan fingerprint density at radius 2 is 0.854 bits per heavy atom. The minimum absolute atomic E-state index is 0.120. The smallest absolute Gasteiger partial charge is 0.261 e. The number of nitrogens with one attached hydrogen (secondary N) is 3. The fourth-order valence-corrected chi connectivity index (χ4v) is 19.5. The largest absolute Gasteiger partial charge is 0.392 e. The first-order valence-corrected chi connectivity index (χ1v) is 35.8. The van der Waals surface area contributed by atoms with Crippen molar-refractivity contribution in [2.75, 3.05) is 85.1 Å². The number of rotatable bonds is 15. The van der Waals surface area contributed by atoms with E-state index in [9.17, 15) is 24.6 Å². The number of likely N-dealkylation sites (tertiary alicyclic amines) is 3. The van der Waals surface area contributed by atoms with Gasteiger partial charge in [0.2, 0.25) is 0 Å². The number of fused-ring (bicyclic) bond motifs is 4. The Bertz CT molecular complexity index is 2470. The number of hydrogen-bond acceptors (Lipinski definition) is 12. The number of β-amino-alcohol motifs (C(OH)–C–C–N with tert-alkyl or cyclic N) is 2. The summed E-state index contributed by atoms with van der Waals surface area (Å²) in [4.78, 5) is 53.1. The van der Waals surface area contributed by atoms with Crippen molar-refractivity contribution < 1.29 is 29.3 Å². The molecule has 82 heavy (non-hydrogen) atoms. The van der Waals surface area contributed by atoms with E-state index >= 15 is 0 Å². The van der Waals surface area contributed by atoms with Gasteiger partial charge < -0.3 is 40.7 Å². The van der Waals surface area contributed by atoms with E-state index in [1.165, 1.54) is 186 Å². The van der Waals surface area contributed by atoms with E-state index in [1.807, 2.05) is 0 Å². The number of aliphatic hydroxyl groups is 2. The summed E-state index contributed by atoms with van der Waals surface area (Å²) in [6.45, 7) is 12.5. The Morgan fingerprint density at radius 3 is 1.24 bits per heavy atom. The van der Waals surface area contributed by atoms with Gasteiger partial charge in [0, 0.05) is 115 Å². The molecule has 12 nitrogen and oxygen atoms in total. The van der Waals surface area contributed by atoms with E-state index in [0.29, 0.717) is 6.10 Å². The lowest BCUT2D eigenvalue weighted by Gasteiger charge is -2.46. The van der Waals surface area contributed by atoms with E-state index in [2.05, 4.69) is 48.8 Å². The normalized spacial score (nSPS) is 27.0. The quantitative estimate of drug-likeness (QED) is 0.100. The van der Waals surface area contributed by atoms with Crippen LogP contribution in [0.4, 0.5) is 0 Å². The van der Waals surface area contributed by atoms with Crippen LogP contribution < -0.4 is 16.0 Å². The highest BCUT2D eigenvalue weighted by atomic mass is 32.1. The Kier molecular flexibility index (Phi) is 21.4. The highest BCUT2D eigenvalue weighted by Crippen LogP contribution is 2.44. The third kappa shape index (κ3) is 16.1. The standard InChI is InChI=1S/C24H36N2O2S.C22H34N2O2S.C21H32N2O2S/c27-23(22-13-18-7-3-1-2-4-8-21(18)29-22)25-16-24(10-5-6-11-24)17-26-14-19-9-12-28-20(19)15-26;25-18-8-5-12-24(14-18)16-22(10-6-11-22)15-23-21(26)20-13-17-7-3-1-2-4-9-19(17)27-20;24-17-8-11-23(13-17)15-21(9-5-10-21)14-22-20(25)19-12-16-6-3-1-2-4-7-18(16)26-19/h13,19-20H,1-12,14-17H2,(H,25,27);13,18,25H,1-12,14-16H2,(H,23,26);12,17,24H,1-11,13-15H2,(H,22,25)/t19-,20+;;/m1../s1. The first-order chi connectivity index (χ1) is 40.0. The van der Waals surface area contributed by atoms with Gasteiger partial charge in [-0.15, -0.1) is 34.0 Å². The van der Waals surface area contributed by atoms with Crippen molar-refractivity contribution in [3.05, 3.63) is 64.2 Å². The molecule has 3 saturated carbocycles. The second-order valence-corrected chi connectivity index (χ2v) is 31.2. The van der Waals surface area contributed by atoms with Crippen LogP contribution in [0.25, 0.3) is 0 Å². The maximum absolute atomic E-state index is 13.0. The molecule has 0 spiro atoms. The van der Waals surface area contributed by atoms with E-state index in [0.717, 1.165) is 157 Å². The van der Waals surface area contributed by atoms with Gasteiger partial charge in [-0.3, -0.25) is 19.3 Å². The van der Waals surface area contributed by atoms with Crippen LogP contribution in [-0.2, 0) is 43.3 Å². The molecule has 454 valence electrons. The molecule has 0 bridgehead atoms. The van der Waals surface area contributed by atoms with Gasteiger partial charge in [-0.1, -0.05) is 64.2 Å². The van der Waals surface area contributed by atoms with Crippen LogP contribution in [0.3, 0.4) is 0 Å². The van der Waals surface area contributed by atoms with E-state index in [4.69, 9.17) is 4.74 Å². The molecular formula is C67H102N6O6S3. The molecule has 4 aliphatic heterocycles. The molecule has 3 aromatic rings. The van der Waals surface area contributed by atoms with Gasteiger partial charge in [-0.25, -0.2) is 0 Å². The minimum Gasteiger partial charge on any atom is -0.392 e. The van der Waals surface area contributed by atoms with Gasteiger partial charge in [0.15, 0.2) is 0 Å². The lowest BCUT2D eigenvalue weighted by Crippen LogP contribution is -2.52. The fraction of sp³-hybridized carbons (Fsp3) is 0.776. The minimum atomic E-state index is -0.170. The average molecular weight is 1180 g/mol. The van der Waals surface area contributed by atoms with Gasteiger partial charge >= 0.3 is 0 Å². The highest BCUT2D eigenvalue weighted by molar-refractivity contribution is 7.14. The second-order valence-electron chi connectivity index (χ2n) is 27.7. The zero-order valence-electron chi connectivity index (χ0n) is 50.0. The molecule has 10 aliphatic rings. The SMILES string of the molecule is O=C(NCC1(CN2CCC(O)C2)CCC1)c1cc2c(s1)CCCCCC2.O=C(NCC1(CN2CCCC(O)C2)CCC1)c1cc2c(s1)CCCCCC2.O=C(NCC1(CN2C[C@H]3CCO[C@H]3C2)CCCC1)c1cc2c(s1)CCCCCC2. The summed E-state index contributed by atoms with van der Waals surface area (Å²) in [5.74, 6) is 1.15. The summed E-state index contributed by atoms with van der Waals surface area (Å²) in [6.07, 6.45) is 39.2. The third-order valence-corrected chi connectivity index (χ3v) is 24.9. The second kappa shape index (κ2) is 28.9. The zero-order chi connectivity index (χ0) is 56.4. The highest BCUT2D eigenvalue weighted by Gasteiger charge is 2.44. The average Bonchev–Trinajstić information content (AvgIpc) is 4.36. The summed E-state index contributed by atoms with van der Waals surface area (Å²) in [5.41, 5.74) is 5.00. The molecule has 3 amide bonds. The van der Waals surface area contributed by atoms with Crippen LogP contribution in [0, 0.1) is 22.2 Å². The van der Waals surface area contributed by atoms with Crippen molar-refractivity contribution >= 4 is 51.7 Å². The Hall–Kier alpha value is -2.73. The molecule has 7 fully saturated rings. The molecule has 4 atom stereocenters. The number of piperidine rings is 1. The van der Waals surface area contributed by atoms with Crippen molar-refractivity contribution in [1.29, 1.82) is 0 Å². The van der Waals surface area contributed by atoms with E-state index < -0.39 is 0 Å². The van der Waals surface area contributed by atoms with E-state index in [-0.39, 0.29) is 46.2 Å². The monoisotopic (exact) mass is 1180 g/mol. The maximum atomic E-state index is 13.0. The van der Waals surface area contributed by atoms with Crippen LogP contribution in [0.1, 0.15) is 227 Å². The van der Waals surface area contributed by atoms with Crippen molar-refractivity contribution in [2.45, 2.75) is 224 Å². The zero-order valence-corrected chi connectivity index (χ0v) is 52.4. The third-order valence-electron chi connectivity index (χ3n) is 21.2. The molecular weight excluding hydrogens is 1080 g/mol. The molecule has 13 rings (SSSR count). The van der Waals surface area contributed by atoms with Crippen LogP contribution in [0.5, 0.6) is 0 Å². The van der Waals surface area contributed by atoms with Crippen LogP contribution in [0.2, 0.25) is 0 Å². The van der Waals surface area contributed by atoms with Gasteiger partial charge in [0.05, 0.1) is 32.9 Å². The molecule has 2 unspecified atom stereocenters. The fourth-order valence-electron chi connectivity index (χ4n) is 16.0. The Labute approximate surface area is 504 Å². The molecule has 5 N–H and O–H groups in total. The summed E-state index contributed by atoms with van der Waals surface area (Å²) >= 11 is 5.20. The van der Waals surface area contributed by atoms with E-state index in [1.54, 1.807) is 34.0 Å². The summed E-state index contributed by atoms with van der Waals surface area (Å²) in [6, 6.07) is 6.51. The summed E-state index contributed by atoms with van der Waals surface area (Å²) in [7, 11) is 0. The van der Waals surface area contributed by atoms with Crippen molar-refractivity contribution in [1.82, 2.24) is 30.7 Å². The maximum Gasteiger partial charge on any atom is 0.261 e. The molecule has 4 saturated heterocycles. The number of carbonyl (C=O) groups excluding carboxylic acids is 3. The molecule has 7 heterocycles. The molecule has 0 radical (unpaired) electrons. The first kappa shape index (κ1) is 60.9. The van der Waals surface area contributed by atoms with Gasteiger partial charge in [-0.2, -0.15) is 0 Å². The molecule has 6 aliphatic carbocycles. The number of ether oxygens (including phenoxy) is 1.